The van der Waals surface area contributed by atoms with Gasteiger partial charge in [-0.25, -0.2) is 15.8 Å². The molecule has 1 aliphatic rings. The molecule has 0 saturated heterocycles. The highest BCUT2D eigenvalue weighted by Gasteiger charge is 2.19. The van der Waals surface area contributed by atoms with E-state index in [9.17, 15) is 0 Å². The molecule has 1 aromatic carbocycles. The van der Waals surface area contributed by atoms with Gasteiger partial charge >= 0.3 is 0 Å². The Hall–Kier alpha value is -1.98. The van der Waals surface area contributed by atoms with Crippen molar-refractivity contribution in [2.45, 2.75) is 26.9 Å². The molecule has 2 heterocycles. The van der Waals surface area contributed by atoms with Crippen molar-refractivity contribution in [3.63, 3.8) is 0 Å². The van der Waals surface area contributed by atoms with Crippen LogP contribution in [0.1, 0.15) is 22.4 Å². The number of nitrogens with one attached hydrogen (secondary N) is 1. The Balaban J connectivity index is 2.14. The molecular formula is C15H18N4O. The number of nitrogens with zero attached hydrogens (tertiary/aromatic N) is 2. The summed E-state index contributed by atoms with van der Waals surface area (Å²) in [7, 11) is 0. The predicted molar refractivity (Wildman–Crippen MR) is 78.1 cm³/mol. The Bertz CT molecular complexity index is 637. The van der Waals surface area contributed by atoms with Crippen molar-refractivity contribution in [2.75, 3.05) is 12.0 Å². The van der Waals surface area contributed by atoms with Crippen LogP contribution >= 0.6 is 0 Å². The molecule has 5 nitrogen and oxygen atoms in total. The third-order valence-electron chi connectivity index (χ3n) is 3.58. The molecule has 3 N–H and O–H groups in total. The van der Waals surface area contributed by atoms with Crippen LogP contribution in [-0.4, -0.2) is 16.6 Å². The molecule has 0 atom stereocenters. The summed E-state index contributed by atoms with van der Waals surface area (Å²) in [6.07, 6.45) is 0.796. The predicted octanol–water partition coefficient (Wildman–Crippen LogP) is 2.12. The second kappa shape index (κ2) is 5.19. The maximum Gasteiger partial charge on any atom is 0.162 e. The Morgan fingerprint density at radius 1 is 1.25 bits per heavy atom. The van der Waals surface area contributed by atoms with Gasteiger partial charge < -0.3 is 10.2 Å². The number of hydrogen-bond acceptors (Lipinski definition) is 5. The summed E-state index contributed by atoms with van der Waals surface area (Å²) in [4.78, 5) is 9.23. The zero-order valence-electron chi connectivity index (χ0n) is 11.7. The standard InChI is InChI=1S/C15H18N4O/c1-9-3-4-11(10(2)7-9)14-17-13-5-6-20-8-12(13)15(18-14)19-16/h3-4,7H,5-6,8,16H2,1-2H3,(H,17,18,19). The molecule has 3 rings (SSSR count). The molecule has 20 heavy (non-hydrogen) atoms. The van der Waals surface area contributed by atoms with Gasteiger partial charge in [-0.15, -0.1) is 0 Å². The van der Waals surface area contributed by atoms with Crippen molar-refractivity contribution in [2.24, 2.45) is 5.84 Å². The van der Waals surface area contributed by atoms with Crippen molar-refractivity contribution in [3.05, 3.63) is 40.6 Å². The van der Waals surface area contributed by atoms with E-state index < -0.39 is 0 Å². The molecule has 0 aliphatic carbocycles. The zero-order chi connectivity index (χ0) is 14.1. The van der Waals surface area contributed by atoms with Crippen LogP contribution in [0.4, 0.5) is 5.82 Å². The fraction of sp³-hybridized carbons (Fsp3) is 0.333. The van der Waals surface area contributed by atoms with E-state index in [0.29, 0.717) is 19.0 Å². The number of benzene rings is 1. The number of nitrogen functional groups attached to an aromatic ring is 1. The second-order valence-corrected chi connectivity index (χ2v) is 5.09. The van der Waals surface area contributed by atoms with E-state index in [1.807, 2.05) is 0 Å². The van der Waals surface area contributed by atoms with Gasteiger partial charge in [0.05, 0.1) is 18.9 Å². The largest absolute Gasteiger partial charge is 0.376 e. The Kier molecular flexibility index (Phi) is 3.38. The van der Waals surface area contributed by atoms with Gasteiger partial charge in [-0.2, -0.15) is 0 Å². The first-order chi connectivity index (χ1) is 9.69. The molecule has 0 unspecified atom stereocenters. The normalized spacial score (nSPS) is 13.9. The summed E-state index contributed by atoms with van der Waals surface area (Å²) < 4.78 is 5.45. The van der Waals surface area contributed by atoms with Gasteiger partial charge in [0.15, 0.2) is 5.82 Å². The number of nitrogens with two attached hydrogens (primary N) is 1. The van der Waals surface area contributed by atoms with Crippen LogP contribution in [0, 0.1) is 13.8 Å². The molecule has 0 bridgehead atoms. The summed E-state index contributed by atoms with van der Waals surface area (Å²) in [6, 6.07) is 6.27. The van der Waals surface area contributed by atoms with Crippen molar-refractivity contribution in [1.82, 2.24) is 9.97 Å². The Labute approximate surface area is 118 Å². The second-order valence-electron chi connectivity index (χ2n) is 5.09. The fourth-order valence-electron chi connectivity index (χ4n) is 2.54. The molecular weight excluding hydrogens is 252 g/mol. The number of aromatic nitrogens is 2. The van der Waals surface area contributed by atoms with Gasteiger partial charge in [0.25, 0.3) is 0 Å². The molecule has 1 aromatic heterocycles. The van der Waals surface area contributed by atoms with Gasteiger partial charge in [-0.3, -0.25) is 0 Å². The van der Waals surface area contributed by atoms with Gasteiger partial charge in [-0.1, -0.05) is 23.8 Å². The van der Waals surface area contributed by atoms with Crippen LogP contribution < -0.4 is 11.3 Å². The van der Waals surface area contributed by atoms with Crippen LogP contribution in [0.5, 0.6) is 0 Å². The van der Waals surface area contributed by atoms with Crippen LogP contribution in [0.3, 0.4) is 0 Å². The van der Waals surface area contributed by atoms with Crippen molar-refractivity contribution in [3.8, 4) is 11.4 Å². The van der Waals surface area contributed by atoms with Crippen LogP contribution in [0.25, 0.3) is 11.4 Å². The van der Waals surface area contributed by atoms with Crippen molar-refractivity contribution in [1.29, 1.82) is 0 Å². The summed E-state index contributed by atoms with van der Waals surface area (Å²) in [5.74, 6) is 6.96. The van der Waals surface area contributed by atoms with E-state index in [0.717, 1.165) is 29.1 Å². The third-order valence-corrected chi connectivity index (χ3v) is 3.58. The lowest BCUT2D eigenvalue weighted by Crippen LogP contribution is -2.19. The van der Waals surface area contributed by atoms with E-state index in [4.69, 9.17) is 15.6 Å². The molecule has 0 spiro atoms. The van der Waals surface area contributed by atoms with Gasteiger partial charge in [0, 0.05) is 17.5 Å². The number of rotatable bonds is 2. The molecule has 2 aromatic rings. The molecule has 0 fully saturated rings. The number of anilines is 1. The van der Waals surface area contributed by atoms with Crippen LogP contribution in [0.15, 0.2) is 18.2 Å². The number of aryl methyl sites for hydroxylation is 2. The van der Waals surface area contributed by atoms with Gasteiger partial charge in [0.2, 0.25) is 0 Å². The van der Waals surface area contributed by atoms with E-state index in [1.165, 1.54) is 11.1 Å². The first kappa shape index (κ1) is 13.0. The highest BCUT2D eigenvalue weighted by atomic mass is 16.5. The number of hydrogen-bond donors (Lipinski definition) is 2. The first-order valence-corrected chi connectivity index (χ1v) is 6.71. The van der Waals surface area contributed by atoms with E-state index in [-0.39, 0.29) is 0 Å². The van der Waals surface area contributed by atoms with Crippen molar-refractivity contribution >= 4 is 5.82 Å². The SMILES string of the molecule is Cc1ccc(-c2nc3c(c(NN)n2)COCC3)c(C)c1. The molecule has 0 saturated carbocycles. The fourth-order valence-corrected chi connectivity index (χ4v) is 2.54. The first-order valence-electron chi connectivity index (χ1n) is 6.71. The smallest absolute Gasteiger partial charge is 0.162 e. The lowest BCUT2D eigenvalue weighted by atomic mass is 10.0. The van der Waals surface area contributed by atoms with Crippen LogP contribution in [0.2, 0.25) is 0 Å². The Morgan fingerprint density at radius 2 is 2.10 bits per heavy atom. The lowest BCUT2D eigenvalue weighted by Gasteiger charge is -2.19. The monoisotopic (exact) mass is 270 g/mol. The minimum absolute atomic E-state index is 0.516. The number of ether oxygens (including phenoxy) is 1. The quantitative estimate of drug-likeness (QED) is 0.646. The maximum absolute atomic E-state index is 5.59. The average molecular weight is 270 g/mol. The van der Waals surface area contributed by atoms with Gasteiger partial charge in [-0.05, 0) is 19.4 Å². The highest BCUT2D eigenvalue weighted by Crippen LogP contribution is 2.27. The average Bonchev–Trinajstić information content (AvgIpc) is 2.46. The van der Waals surface area contributed by atoms with Crippen molar-refractivity contribution < 1.29 is 4.74 Å². The van der Waals surface area contributed by atoms with E-state index in [1.54, 1.807) is 0 Å². The summed E-state index contributed by atoms with van der Waals surface area (Å²) in [6.45, 7) is 5.36. The lowest BCUT2D eigenvalue weighted by molar-refractivity contribution is 0.109. The molecule has 0 radical (unpaired) electrons. The summed E-state index contributed by atoms with van der Waals surface area (Å²) in [5, 5.41) is 0. The van der Waals surface area contributed by atoms with Gasteiger partial charge in [0.1, 0.15) is 5.82 Å². The number of fused-ring (bicyclic) bond motifs is 1. The van der Waals surface area contributed by atoms with E-state index >= 15 is 0 Å². The molecule has 0 amide bonds. The Morgan fingerprint density at radius 3 is 2.85 bits per heavy atom. The molecule has 104 valence electrons. The third kappa shape index (κ3) is 2.26. The molecule has 5 heteroatoms. The summed E-state index contributed by atoms with van der Waals surface area (Å²) >= 11 is 0. The summed E-state index contributed by atoms with van der Waals surface area (Å²) in [5.41, 5.74) is 8.09. The highest BCUT2D eigenvalue weighted by molar-refractivity contribution is 5.63. The number of hydrazine groups is 1. The zero-order valence-corrected chi connectivity index (χ0v) is 11.7. The minimum atomic E-state index is 0.516. The molecule has 1 aliphatic heterocycles. The van der Waals surface area contributed by atoms with Crippen LogP contribution in [-0.2, 0) is 17.8 Å². The van der Waals surface area contributed by atoms with E-state index in [2.05, 4.69) is 42.5 Å². The topological polar surface area (TPSA) is 73.1 Å². The maximum atomic E-state index is 5.59. The minimum Gasteiger partial charge on any atom is -0.376 e.